The van der Waals surface area contributed by atoms with Crippen LogP contribution in [0.2, 0.25) is 0 Å². The average Bonchev–Trinajstić information content (AvgIpc) is 2.63. The van der Waals surface area contributed by atoms with Crippen molar-refractivity contribution < 1.29 is 13.2 Å². The van der Waals surface area contributed by atoms with Crippen molar-refractivity contribution in [3.05, 3.63) is 24.3 Å². The molecule has 25 heavy (non-hydrogen) atoms. The zero-order valence-electron chi connectivity index (χ0n) is 15.3. The van der Waals surface area contributed by atoms with E-state index in [0.717, 1.165) is 44.9 Å². The Morgan fingerprint density at radius 1 is 1.12 bits per heavy atom. The van der Waals surface area contributed by atoms with E-state index in [2.05, 4.69) is 12.2 Å². The van der Waals surface area contributed by atoms with Crippen molar-refractivity contribution in [2.75, 3.05) is 18.4 Å². The van der Waals surface area contributed by atoms with Gasteiger partial charge in [0.1, 0.15) is 0 Å². The number of benzene rings is 1. The average molecular weight is 367 g/mol. The molecule has 1 heterocycles. The normalized spacial score (nSPS) is 17.2. The van der Waals surface area contributed by atoms with E-state index in [0.29, 0.717) is 23.7 Å². The van der Waals surface area contributed by atoms with Crippen molar-refractivity contribution in [1.29, 1.82) is 0 Å². The quantitative estimate of drug-likeness (QED) is 0.756. The number of hydrogen-bond donors (Lipinski definition) is 1. The van der Waals surface area contributed by atoms with Gasteiger partial charge < -0.3 is 5.32 Å². The third-order valence-electron chi connectivity index (χ3n) is 4.84. The molecule has 0 saturated carbocycles. The number of sulfonamides is 1. The molecule has 1 aromatic carbocycles. The highest BCUT2D eigenvalue weighted by Gasteiger charge is 2.25. The van der Waals surface area contributed by atoms with Crippen LogP contribution in [-0.4, -0.2) is 31.7 Å². The first-order valence-electron chi connectivity index (χ1n) is 9.40. The van der Waals surface area contributed by atoms with E-state index in [-0.39, 0.29) is 11.8 Å². The van der Waals surface area contributed by atoms with Crippen LogP contribution in [0.3, 0.4) is 0 Å². The van der Waals surface area contributed by atoms with Crippen LogP contribution < -0.4 is 5.32 Å². The van der Waals surface area contributed by atoms with Crippen LogP contribution in [0.15, 0.2) is 29.2 Å². The van der Waals surface area contributed by atoms with Crippen LogP contribution in [0.4, 0.5) is 5.69 Å². The third kappa shape index (κ3) is 5.28. The molecular formula is C19H30N2O3S. The minimum Gasteiger partial charge on any atom is -0.326 e. The monoisotopic (exact) mass is 366 g/mol. The second-order valence-corrected chi connectivity index (χ2v) is 8.66. The Morgan fingerprint density at radius 3 is 2.32 bits per heavy atom. The SMILES string of the molecule is CCCC[C@@H](CC)C(=O)Nc1ccc(S(=O)(=O)N2CCCCC2)cc1. The number of carbonyl (C=O) groups is 1. The molecule has 1 N–H and O–H groups in total. The highest BCUT2D eigenvalue weighted by atomic mass is 32.2. The molecule has 5 nitrogen and oxygen atoms in total. The van der Waals surface area contributed by atoms with Gasteiger partial charge in [-0.1, -0.05) is 33.1 Å². The maximum atomic E-state index is 12.6. The van der Waals surface area contributed by atoms with Crippen molar-refractivity contribution >= 4 is 21.6 Å². The number of nitrogens with zero attached hydrogens (tertiary/aromatic N) is 1. The molecule has 1 saturated heterocycles. The Hall–Kier alpha value is -1.40. The summed E-state index contributed by atoms with van der Waals surface area (Å²) in [6, 6.07) is 6.54. The summed E-state index contributed by atoms with van der Waals surface area (Å²) in [6.45, 7) is 5.33. The summed E-state index contributed by atoms with van der Waals surface area (Å²) in [5.74, 6) is 0.0271. The summed E-state index contributed by atoms with van der Waals surface area (Å²) in [7, 11) is -3.42. The number of anilines is 1. The van der Waals surface area contributed by atoms with Gasteiger partial charge in [-0.05, 0) is 49.9 Å². The maximum Gasteiger partial charge on any atom is 0.243 e. The fourth-order valence-electron chi connectivity index (χ4n) is 3.18. The molecule has 0 bridgehead atoms. The van der Waals surface area contributed by atoms with Gasteiger partial charge in [0.25, 0.3) is 0 Å². The third-order valence-corrected chi connectivity index (χ3v) is 6.76. The number of carbonyl (C=O) groups excluding carboxylic acids is 1. The van der Waals surface area contributed by atoms with Crippen molar-refractivity contribution in [2.24, 2.45) is 5.92 Å². The van der Waals surface area contributed by atoms with Gasteiger partial charge in [-0.3, -0.25) is 4.79 Å². The minimum atomic E-state index is -3.42. The van der Waals surface area contributed by atoms with Gasteiger partial charge in [0.05, 0.1) is 4.90 Å². The van der Waals surface area contributed by atoms with Crippen LogP contribution in [-0.2, 0) is 14.8 Å². The van der Waals surface area contributed by atoms with E-state index < -0.39 is 10.0 Å². The molecule has 1 amide bonds. The summed E-state index contributed by atoms with van der Waals surface area (Å²) in [4.78, 5) is 12.6. The van der Waals surface area contributed by atoms with Crippen LogP contribution in [0.1, 0.15) is 58.8 Å². The largest absolute Gasteiger partial charge is 0.326 e. The van der Waals surface area contributed by atoms with E-state index in [4.69, 9.17) is 0 Å². The molecule has 6 heteroatoms. The lowest BCUT2D eigenvalue weighted by atomic mass is 9.98. The topological polar surface area (TPSA) is 66.5 Å². The summed E-state index contributed by atoms with van der Waals surface area (Å²) in [5.41, 5.74) is 0.651. The van der Waals surface area contributed by atoms with Gasteiger partial charge in [-0.25, -0.2) is 8.42 Å². The maximum absolute atomic E-state index is 12.6. The summed E-state index contributed by atoms with van der Waals surface area (Å²) >= 11 is 0. The van der Waals surface area contributed by atoms with E-state index in [9.17, 15) is 13.2 Å². The first kappa shape index (κ1) is 19.9. The molecule has 2 rings (SSSR count). The van der Waals surface area contributed by atoms with Gasteiger partial charge in [0.2, 0.25) is 15.9 Å². The van der Waals surface area contributed by atoms with Crippen LogP contribution in [0, 0.1) is 5.92 Å². The number of piperidine rings is 1. The molecule has 0 radical (unpaired) electrons. The van der Waals surface area contributed by atoms with Gasteiger partial charge >= 0.3 is 0 Å². The van der Waals surface area contributed by atoms with E-state index >= 15 is 0 Å². The van der Waals surface area contributed by atoms with E-state index in [1.165, 1.54) is 0 Å². The Morgan fingerprint density at radius 2 is 1.76 bits per heavy atom. The Labute approximate surface area is 151 Å². The summed E-state index contributed by atoms with van der Waals surface area (Å²) in [5, 5.41) is 2.91. The predicted molar refractivity (Wildman–Crippen MR) is 101 cm³/mol. The van der Waals surface area contributed by atoms with Gasteiger partial charge in [-0.15, -0.1) is 0 Å². The molecule has 1 aromatic rings. The lowest BCUT2D eigenvalue weighted by molar-refractivity contribution is -0.120. The molecule has 1 aliphatic rings. The van der Waals surface area contributed by atoms with E-state index in [1.54, 1.807) is 28.6 Å². The number of unbranched alkanes of at least 4 members (excludes halogenated alkanes) is 1. The van der Waals surface area contributed by atoms with Crippen LogP contribution >= 0.6 is 0 Å². The first-order chi connectivity index (χ1) is 12.0. The number of amides is 1. The second kappa shape index (κ2) is 9.34. The van der Waals surface area contributed by atoms with Crippen molar-refractivity contribution in [1.82, 2.24) is 4.31 Å². The highest BCUT2D eigenvalue weighted by molar-refractivity contribution is 7.89. The Bertz CT molecular complexity index is 650. The summed E-state index contributed by atoms with van der Waals surface area (Å²) in [6.07, 6.45) is 6.75. The summed E-state index contributed by atoms with van der Waals surface area (Å²) < 4.78 is 26.8. The van der Waals surface area contributed by atoms with Gasteiger partial charge in [-0.2, -0.15) is 4.31 Å². The van der Waals surface area contributed by atoms with E-state index in [1.807, 2.05) is 6.92 Å². The minimum absolute atomic E-state index is 0.0108. The molecule has 0 unspecified atom stereocenters. The molecule has 0 aliphatic carbocycles. The van der Waals surface area contributed by atoms with Crippen molar-refractivity contribution in [2.45, 2.75) is 63.7 Å². The van der Waals surface area contributed by atoms with Crippen molar-refractivity contribution in [3.8, 4) is 0 Å². The Balaban J connectivity index is 2.02. The lowest BCUT2D eigenvalue weighted by Crippen LogP contribution is -2.35. The predicted octanol–water partition coefficient (Wildman–Crippen LogP) is 4.02. The number of hydrogen-bond acceptors (Lipinski definition) is 3. The standard InChI is InChI=1S/C19H30N2O3S/c1-3-5-9-16(4-2)19(22)20-17-10-12-18(13-11-17)25(23,24)21-14-7-6-8-15-21/h10-13,16H,3-9,14-15H2,1-2H3,(H,20,22)/t16-/m1/s1. The highest BCUT2D eigenvalue weighted by Crippen LogP contribution is 2.22. The first-order valence-corrected chi connectivity index (χ1v) is 10.8. The lowest BCUT2D eigenvalue weighted by Gasteiger charge is -2.25. The molecule has 0 spiro atoms. The molecule has 1 fully saturated rings. The number of nitrogens with one attached hydrogen (secondary N) is 1. The van der Waals surface area contributed by atoms with Gasteiger partial charge in [0.15, 0.2) is 0 Å². The van der Waals surface area contributed by atoms with Crippen molar-refractivity contribution in [3.63, 3.8) is 0 Å². The van der Waals surface area contributed by atoms with Gasteiger partial charge in [0, 0.05) is 24.7 Å². The fraction of sp³-hybridized carbons (Fsp3) is 0.632. The molecular weight excluding hydrogens is 336 g/mol. The van der Waals surface area contributed by atoms with Crippen LogP contribution in [0.5, 0.6) is 0 Å². The Kier molecular flexibility index (Phi) is 7.44. The molecule has 140 valence electrons. The molecule has 0 aromatic heterocycles. The molecule has 1 atom stereocenters. The zero-order valence-corrected chi connectivity index (χ0v) is 16.1. The van der Waals surface area contributed by atoms with Crippen LogP contribution in [0.25, 0.3) is 0 Å². The smallest absolute Gasteiger partial charge is 0.243 e. The number of rotatable bonds is 8. The molecule has 1 aliphatic heterocycles. The fourth-order valence-corrected chi connectivity index (χ4v) is 4.70. The second-order valence-electron chi connectivity index (χ2n) is 6.73. The zero-order chi connectivity index (χ0) is 18.3.